The molecule has 0 unspecified atom stereocenters. The Morgan fingerprint density at radius 1 is 0.941 bits per heavy atom. The quantitative estimate of drug-likeness (QED) is 0.547. The Kier molecular flexibility index (Phi) is 7.59. The highest BCUT2D eigenvalue weighted by atomic mass is 35.5. The molecule has 3 amide bonds. The van der Waals surface area contributed by atoms with Gasteiger partial charge in [-0.05, 0) is 48.9 Å². The second kappa shape index (κ2) is 11.0. The molecule has 34 heavy (non-hydrogen) atoms. The van der Waals surface area contributed by atoms with Gasteiger partial charge in [-0.15, -0.1) is 0 Å². The van der Waals surface area contributed by atoms with Crippen molar-refractivity contribution in [1.82, 2.24) is 25.1 Å². The molecule has 0 spiro atoms. The van der Waals surface area contributed by atoms with Crippen LogP contribution in [0.4, 0.5) is 16.4 Å². The van der Waals surface area contributed by atoms with Gasteiger partial charge in [0.1, 0.15) is 0 Å². The monoisotopic (exact) mass is 478 g/mol. The molecular formula is C25H27ClN6O2. The number of rotatable bonds is 6. The smallest absolute Gasteiger partial charge is 0.317 e. The summed E-state index contributed by atoms with van der Waals surface area (Å²) in [5.41, 5.74) is 3.11. The number of nitrogens with zero attached hydrogens (tertiary/aromatic N) is 4. The Morgan fingerprint density at radius 2 is 1.62 bits per heavy atom. The van der Waals surface area contributed by atoms with Gasteiger partial charge in [0.05, 0.1) is 5.69 Å². The maximum Gasteiger partial charge on any atom is 0.317 e. The van der Waals surface area contributed by atoms with Gasteiger partial charge in [0.15, 0.2) is 0 Å². The fraction of sp³-hybridized carbons (Fsp3) is 0.280. The van der Waals surface area contributed by atoms with Gasteiger partial charge in [-0.3, -0.25) is 4.79 Å². The molecule has 4 rings (SSSR count). The molecule has 1 saturated heterocycles. The van der Waals surface area contributed by atoms with Crippen LogP contribution in [-0.2, 0) is 0 Å². The van der Waals surface area contributed by atoms with E-state index in [0.29, 0.717) is 49.3 Å². The van der Waals surface area contributed by atoms with E-state index in [2.05, 4.69) is 20.6 Å². The van der Waals surface area contributed by atoms with Crippen LogP contribution in [0.15, 0.2) is 60.8 Å². The first kappa shape index (κ1) is 23.5. The summed E-state index contributed by atoms with van der Waals surface area (Å²) in [5.74, 6) is 0.421. The third-order valence-electron chi connectivity index (χ3n) is 5.56. The zero-order valence-electron chi connectivity index (χ0n) is 19.0. The van der Waals surface area contributed by atoms with Crippen LogP contribution in [0.2, 0.25) is 5.02 Å². The molecule has 0 radical (unpaired) electrons. The zero-order chi connectivity index (χ0) is 23.9. The standard InChI is InChI=1S/C25H27ClN6O2/c1-2-12-28-25(34)32-16-14-31(15-17-32)23(33)19-5-9-21(10-6-19)29-24-27-13-11-22(30-24)18-3-7-20(26)8-4-18/h3-11,13H,2,12,14-17H2,1H3,(H,28,34)(H,27,29,30). The third-order valence-corrected chi connectivity index (χ3v) is 5.82. The van der Waals surface area contributed by atoms with Gasteiger partial charge < -0.3 is 20.4 Å². The lowest BCUT2D eigenvalue weighted by atomic mass is 10.1. The lowest BCUT2D eigenvalue weighted by Crippen LogP contribution is -2.53. The van der Waals surface area contributed by atoms with Crippen LogP contribution in [0.25, 0.3) is 11.3 Å². The molecule has 1 aromatic heterocycles. The molecular weight excluding hydrogens is 452 g/mol. The molecule has 0 bridgehead atoms. The molecule has 3 aromatic rings. The summed E-state index contributed by atoms with van der Waals surface area (Å²) < 4.78 is 0. The summed E-state index contributed by atoms with van der Waals surface area (Å²) in [6.45, 7) is 4.77. The van der Waals surface area contributed by atoms with Crippen molar-refractivity contribution in [1.29, 1.82) is 0 Å². The Labute approximate surface area is 204 Å². The summed E-state index contributed by atoms with van der Waals surface area (Å²) in [4.78, 5) is 37.4. The molecule has 2 aromatic carbocycles. The first-order valence-corrected chi connectivity index (χ1v) is 11.7. The Bertz CT molecular complexity index is 1130. The van der Waals surface area contributed by atoms with Crippen molar-refractivity contribution in [3.8, 4) is 11.3 Å². The molecule has 0 saturated carbocycles. The predicted octanol–water partition coefficient (Wildman–Crippen LogP) is 4.42. The van der Waals surface area contributed by atoms with E-state index in [1.165, 1.54) is 0 Å². The second-order valence-electron chi connectivity index (χ2n) is 7.99. The first-order valence-electron chi connectivity index (χ1n) is 11.3. The number of benzene rings is 2. The molecule has 2 N–H and O–H groups in total. The molecule has 1 fully saturated rings. The van der Waals surface area contributed by atoms with Crippen LogP contribution in [0.1, 0.15) is 23.7 Å². The zero-order valence-corrected chi connectivity index (χ0v) is 19.8. The van der Waals surface area contributed by atoms with Gasteiger partial charge in [0, 0.05) is 60.8 Å². The highest BCUT2D eigenvalue weighted by molar-refractivity contribution is 6.30. The SMILES string of the molecule is CCCNC(=O)N1CCN(C(=O)c2ccc(Nc3nccc(-c4ccc(Cl)cc4)n3)cc2)CC1. The molecule has 0 aliphatic carbocycles. The van der Waals surface area contributed by atoms with Gasteiger partial charge in [0.2, 0.25) is 5.95 Å². The van der Waals surface area contributed by atoms with Gasteiger partial charge in [-0.2, -0.15) is 0 Å². The highest BCUT2D eigenvalue weighted by Crippen LogP contribution is 2.22. The van der Waals surface area contributed by atoms with E-state index in [4.69, 9.17) is 11.6 Å². The number of anilines is 2. The van der Waals surface area contributed by atoms with E-state index < -0.39 is 0 Å². The largest absolute Gasteiger partial charge is 0.338 e. The van der Waals surface area contributed by atoms with Crippen LogP contribution < -0.4 is 10.6 Å². The number of hydrogen-bond acceptors (Lipinski definition) is 5. The predicted molar refractivity (Wildman–Crippen MR) is 133 cm³/mol. The molecule has 0 atom stereocenters. The summed E-state index contributed by atoms with van der Waals surface area (Å²) in [5, 5.41) is 6.73. The molecule has 1 aliphatic rings. The minimum Gasteiger partial charge on any atom is -0.338 e. The fourth-order valence-electron chi connectivity index (χ4n) is 3.66. The average Bonchev–Trinajstić information content (AvgIpc) is 2.88. The Morgan fingerprint density at radius 3 is 2.29 bits per heavy atom. The van der Waals surface area contributed by atoms with Crippen molar-refractivity contribution in [2.24, 2.45) is 0 Å². The van der Waals surface area contributed by atoms with Crippen LogP contribution in [0, 0.1) is 0 Å². The van der Waals surface area contributed by atoms with Crippen molar-refractivity contribution in [3.05, 3.63) is 71.4 Å². The highest BCUT2D eigenvalue weighted by Gasteiger charge is 2.24. The number of piperazine rings is 1. The van der Waals surface area contributed by atoms with Gasteiger partial charge in [-0.1, -0.05) is 30.7 Å². The minimum absolute atomic E-state index is 0.0406. The van der Waals surface area contributed by atoms with E-state index in [-0.39, 0.29) is 11.9 Å². The Hall–Kier alpha value is -3.65. The van der Waals surface area contributed by atoms with Crippen molar-refractivity contribution in [3.63, 3.8) is 0 Å². The first-order chi connectivity index (χ1) is 16.5. The van der Waals surface area contributed by atoms with E-state index in [1.807, 2.05) is 49.4 Å². The number of hydrogen-bond donors (Lipinski definition) is 2. The Balaban J connectivity index is 1.35. The molecule has 1 aliphatic heterocycles. The van der Waals surface area contributed by atoms with Gasteiger partial charge in [0.25, 0.3) is 5.91 Å². The second-order valence-corrected chi connectivity index (χ2v) is 8.42. The van der Waals surface area contributed by atoms with Gasteiger partial charge in [-0.25, -0.2) is 14.8 Å². The van der Waals surface area contributed by atoms with Crippen LogP contribution in [-0.4, -0.2) is 64.4 Å². The lowest BCUT2D eigenvalue weighted by molar-refractivity contribution is 0.0665. The van der Waals surface area contributed by atoms with Crippen molar-refractivity contribution >= 4 is 35.2 Å². The van der Waals surface area contributed by atoms with Crippen LogP contribution in [0.5, 0.6) is 0 Å². The number of carbonyl (C=O) groups is 2. The average molecular weight is 479 g/mol. The third kappa shape index (κ3) is 5.82. The van der Waals surface area contributed by atoms with E-state index in [9.17, 15) is 9.59 Å². The minimum atomic E-state index is -0.0632. The molecule has 9 heteroatoms. The number of urea groups is 1. The summed E-state index contributed by atoms with van der Waals surface area (Å²) in [6, 6.07) is 16.5. The lowest BCUT2D eigenvalue weighted by Gasteiger charge is -2.34. The molecule has 2 heterocycles. The van der Waals surface area contributed by atoms with Crippen molar-refractivity contribution < 1.29 is 9.59 Å². The summed E-state index contributed by atoms with van der Waals surface area (Å²) in [7, 11) is 0. The molecule has 8 nitrogen and oxygen atoms in total. The number of carbonyl (C=O) groups excluding carboxylic acids is 2. The number of amides is 3. The fourth-order valence-corrected chi connectivity index (χ4v) is 3.79. The van der Waals surface area contributed by atoms with E-state index in [1.54, 1.807) is 28.1 Å². The van der Waals surface area contributed by atoms with Crippen LogP contribution >= 0.6 is 11.6 Å². The summed E-state index contributed by atoms with van der Waals surface area (Å²) >= 11 is 5.97. The topological polar surface area (TPSA) is 90.5 Å². The van der Waals surface area contributed by atoms with Crippen molar-refractivity contribution in [2.45, 2.75) is 13.3 Å². The maximum atomic E-state index is 12.9. The van der Waals surface area contributed by atoms with E-state index >= 15 is 0 Å². The normalized spacial score (nSPS) is 13.5. The van der Waals surface area contributed by atoms with Crippen LogP contribution in [0.3, 0.4) is 0 Å². The van der Waals surface area contributed by atoms with Crippen molar-refractivity contribution in [2.75, 3.05) is 38.0 Å². The molecule has 176 valence electrons. The van der Waals surface area contributed by atoms with Gasteiger partial charge >= 0.3 is 6.03 Å². The summed E-state index contributed by atoms with van der Waals surface area (Å²) in [6.07, 6.45) is 2.59. The number of aromatic nitrogens is 2. The number of halogens is 1. The maximum absolute atomic E-state index is 12.9. The number of nitrogens with one attached hydrogen (secondary N) is 2. The van der Waals surface area contributed by atoms with E-state index in [0.717, 1.165) is 23.4 Å².